The second-order valence-electron chi connectivity index (χ2n) is 10.5. The average molecular weight is 700 g/mol. The number of carboxylic acid groups (broad SMARTS) is 2. The number of nitrogens with zero attached hydrogens (tertiary/aromatic N) is 1. The van der Waals surface area contributed by atoms with Gasteiger partial charge in [-0.3, -0.25) is 0 Å². The normalized spacial score (nSPS) is 11.4. The van der Waals surface area contributed by atoms with Crippen LogP contribution in [0.3, 0.4) is 0 Å². The van der Waals surface area contributed by atoms with Crippen molar-refractivity contribution in [1.82, 2.24) is 4.98 Å². The number of hydrogen-bond acceptors (Lipinski definition) is 5. The molecule has 2 rings (SSSR count). The van der Waals surface area contributed by atoms with Gasteiger partial charge in [0.05, 0.1) is 5.69 Å². The average Bonchev–Trinajstić information content (AvgIpc) is 2.50. The van der Waals surface area contributed by atoms with Gasteiger partial charge >= 0.3 is 138 Å². The first-order chi connectivity index (χ1) is 13.3. The van der Waals surface area contributed by atoms with Gasteiger partial charge in [-0.05, 0) is 51.7 Å². The van der Waals surface area contributed by atoms with Crippen molar-refractivity contribution in [2.24, 2.45) is 0 Å². The maximum Gasteiger partial charge on any atom is 1.00 e. The van der Waals surface area contributed by atoms with Crippen molar-refractivity contribution in [3.8, 4) is 17.0 Å². The number of carbonyl (C=O) groups is 1. The number of carbonyl (C=O) groups excluding carboxylic acids is 1. The summed E-state index contributed by atoms with van der Waals surface area (Å²) in [5.74, 6) is 0.292. The molecule has 0 atom stereocenters. The van der Waals surface area contributed by atoms with E-state index in [1.54, 1.807) is 0 Å². The Hall–Kier alpha value is 1.83. The van der Waals surface area contributed by atoms with Gasteiger partial charge in [-0.1, -0.05) is 80.0 Å². The fourth-order valence-corrected chi connectivity index (χ4v) is 3.11. The largest absolute Gasteiger partial charge is 1.00 e. The molecule has 0 fully saturated rings. The predicted molar refractivity (Wildman–Crippen MR) is 118 cm³/mol. The van der Waals surface area contributed by atoms with Gasteiger partial charge in [-0.25, -0.2) is 4.98 Å². The van der Waals surface area contributed by atoms with Gasteiger partial charge in [0.2, 0.25) is 0 Å². The summed E-state index contributed by atoms with van der Waals surface area (Å²) in [6.07, 6.45) is -2.33. The van der Waals surface area contributed by atoms with Crippen LogP contribution in [0.4, 0.5) is 4.79 Å². The Labute approximate surface area is 315 Å². The number of phenols is 1. The molecule has 1 aromatic carbocycles. The third kappa shape index (κ3) is 11.3. The molecule has 2 aromatic rings. The molecule has 0 saturated heterocycles. The van der Waals surface area contributed by atoms with Crippen molar-refractivity contribution in [3.05, 3.63) is 46.1 Å². The summed E-state index contributed by atoms with van der Waals surface area (Å²) in [7, 11) is 0. The van der Waals surface area contributed by atoms with Gasteiger partial charge < -0.3 is 20.1 Å². The van der Waals surface area contributed by atoms with Crippen LogP contribution in [0.5, 0.6) is 5.75 Å². The summed E-state index contributed by atoms with van der Waals surface area (Å²) in [5.41, 5.74) is 4.41. The molecule has 8 heteroatoms. The van der Waals surface area contributed by atoms with Gasteiger partial charge in [-0.15, -0.1) is 0 Å². The second-order valence-corrected chi connectivity index (χ2v) is 10.9. The van der Waals surface area contributed by atoms with Crippen molar-refractivity contribution in [2.75, 3.05) is 0 Å². The number of halogens is 1. The van der Waals surface area contributed by atoms with E-state index in [0.29, 0.717) is 10.9 Å². The van der Waals surface area contributed by atoms with Crippen LogP contribution < -0.4 is 148 Å². The first-order valence-corrected chi connectivity index (χ1v) is 10.2. The number of benzene rings is 1. The minimum Gasteiger partial charge on any atom is -0.652 e. The molecule has 0 bridgehead atoms. The fraction of sp³-hybridized carbons (Fsp3) is 0.500. The van der Waals surface area contributed by atoms with Crippen molar-refractivity contribution in [2.45, 2.75) is 78.6 Å². The van der Waals surface area contributed by atoms with Crippen molar-refractivity contribution in [3.63, 3.8) is 0 Å². The van der Waals surface area contributed by atoms with Crippen molar-refractivity contribution in [1.29, 1.82) is 0 Å². The minimum absolute atomic E-state index is 0. The van der Waals surface area contributed by atoms with E-state index in [2.05, 4.69) is 79.4 Å². The molecule has 1 heterocycles. The third-order valence-corrected chi connectivity index (χ3v) is 4.91. The topological polar surface area (TPSA) is 96.3 Å². The Balaban J connectivity index is 0. The molecule has 0 unspecified atom stereocenters. The van der Waals surface area contributed by atoms with Gasteiger partial charge in [0.15, 0.2) is 0 Å². The number of aromatic hydroxyl groups is 1. The maximum absolute atomic E-state index is 11.1. The van der Waals surface area contributed by atoms with E-state index in [1.807, 2.05) is 12.1 Å². The molecule has 0 saturated carbocycles. The fourth-order valence-electron chi connectivity index (χ4n) is 2.90. The molecule has 0 aliphatic rings. The van der Waals surface area contributed by atoms with E-state index in [0.717, 1.165) is 22.4 Å². The van der Waals surface area contributed by atoms with E-state index in [1.165, 1.54) is 5.56 Å². The van der Waals surface area contributed by atoms with Crippen LogP contribution in [0.15, 0.2) is 24.3 Å². The van der Waals surface area contributed by atoms with Crippen LogP contribution >= 0.6 is 11.6 Å². The van der Waals surface area contributed by atoms with Crippen LogP contribution in [-0.2, 0) is 16.2 Å². The summed E-state index contributed by atoms with van der Waals surface area (Å²) >= 11 is 6.32. The zero-order valence-electron chi connectivity index (χ0n) is 21.3. The van der Waals surface area contributed by atoms with Crippen LogP contribution in [0, 0.1) is 0 Å². The molecule has 1 aromatic heterocycles. The smallest absolute Gasteiger partial charge is 0.652 e. The number of phenolic OH excluding ortho intramolecular Hbond substituents is 1. The predicted octanol–water partition coefficient (Wildman–Crippen LogP) is -1.44. The number of aromatic nitrogens is 1. The molecule has 5 nitrogen and oxygen atoms in total. The first kappa shape index (κ1) is 36.0. The standard InChI is InChI=1S/C23H32ClNO.CH2O3.2Cs/c1-21(2,3)14-10-16(20(26)17(11-14)23(7,8)9)18-12-15(22(4,5)6)13-19(24)25-18;2-1(3)4;;/h10-13,26H,1-9H3;(H2,2,3,4);;/q;;2*+1/p-2. The zero-order valence-corrected chi connectivity index (χ0v) is 34.6. The van der Waals surface area contributed by atoms with E-state index < -0.39 is 6.16 Å². The summed E-state index contributed by atoms with van der Waals surface area (Å²) in [4.78, 5) is 12.9. The SMILES string of the molecule is CC(C)(C)c1cc(Cl)nc(-c2cc(C(C)(C)C)cc(C(C)(C)C)c2O)c1.O=C([O-])[O-].[Cs+].[Cs+]. The summed E-state index contributed by atoms with van der Waals surface area (Å²) in [5, 5.41) is 28.2. The number of rotatable bonds is 1. The van der Waals surface area contributed by atoms with E-state index in [4.69, 9.17) is 26.6 Å². The molecular formula is C24H32ClCs2NO4. The quantitative estimate of drug-likeness (QED) is 0.369. The zero-order chi connectivity index (χ0) is 23.7. The molecule has 0 aliphatic carbocycles. The van der Waals surface area contributed by atoms with Gasteiger partial charge in [0.1, 0.15) is 10.9 Å². The first-order valence-electron chi connectivity index (χ1n) is 9.78. The Kier molecular flexibility index (Phi) is 15.7. The van der Waals surface area contributed by atoms with Gasteiger partial charge in [0.25, 0.3) is 0 Å². The summed E-state index contributed by atoms with van der Waals surface area (Å²) < 4.78 is 0. The van der Waals surface area contributed by atoms with Gasteiger partial charge in [0, 0.05) is 11.1 Å². The second kappa shape index (κ2) is 14.0. The number of pyridine rings is 1. The third-order valence-electron chi connectivity index (χ3n) is 4.72. The van der Waals surface area contributed by atoms with Crippen molar-refractivity contribution < 1.29 is 158 Å². The number of hydrogen-bond donors (Lipinski definition) is 1. The van der Waals surface area contributed by atoms with Crippen LogP contribution in [-0.4, -0.2) is 16.2 Å². The summed E-state index contributed by atoms with van der Waals surface area (Å²) in [6, 6.07) is 8.12. The molecule has 1 N–H and O–H groups in total. The van der Waals surface area contributed by atoms with Crippen LogP contribution in [0.1, 0.15) is 79.0 Å². The van der Waals surface area contributed by atoms with E-state index in [-0.39, 0.29) is 154 Å². The molecule has 0 aliphatic heterocycles. The van der Waals surface area contributed by atoms with Crippen LogP contribution in [0.25, 0.3) is 11.3 Å². The molecule has 0 radical (unpaired) electrons. The van der Waals surface area contributed by atoms with E-state index >= 15 is 0 Å². The van der Waals surface area contributed by atoms with E-state index in [9.17, 15) is 5.11 Å². The minimum atomic E-state index is -2.33. The maximum atomic E-state index is 11.1. The molecular weight excluding hydrogens is 668 g/mol. The molecule has 32 heavy (non-hydrogen) atoms. The van der Waals surface area contributed by atoms with Crippen LogP contribution in [0.2, 0.25) is 5.15 Å². The van der Waals surface area contributed by atoms with Gasteiger partial charge in [-0.2, -0.15) is 0 Å². The Morgan fingerprint density at radius 2 is 1.22 bits per heavy atom. The Bertz CT molecular complexity index is 923. The molecule has 166 valence electrons. The Morgan fingerprint density at radius 3 is 1.59 bits per heavy atom. The molecule has 0 spiro atoms. The Morgan fingerprint density at radius 1 is 0.812 bits per heavy atom. The monoisotopic (exact) mass is 699 g/mol. The molecule has 0 amide bonds. The summed E-state index contributed by atoms with van der Waals surface area (Å²) in [6.45, 7) is 19.3. The van der Waals surface area contributed by atoms with Crippen molar-refractivity contribution >= 4 is 17.8 Å².